The monoisotopic (exact) mass is 320 g/mol. The molecule has 0 spiro atoms. The Hall–Kier alpha value is -1.91. The molecule has 3 rings (SSSR count). The summed E-state index contributed by atoms with van der Waals surface area (Å²) in [6, 6.07) is 9.22. The molecule has 0 saturated heterocycles. The van der Waals surface area contributed by atoms with Crippen LogP contribution in [0, 0.1) is 0 Å². The Morgan fingerprint density at radius 2 is 1.76 bits per heavy atom. The molecular weight excluding hydrogens is 307 g/mol. The first-order valence-electron chi connectivity index (χ1n) is 6.37. The van der Waals surface area contributed by atoms with Crippen LogP contribution in [-0.2, 0) is 0 Å². The Kier molecular flexibility index (Phi) is 3.43. The Balaban J connectivity index is 2.22. The van der Waals surface area contributed by atoms with Gasteiger partial charge >= 0.3 is 0 Å². The lowest BCUT2D eigenvalue weighted by Gasteiger charge is -2.12. The zero-order chi connectivity index (χ0) is 15.1. The first kappa shape index (κ1) is 14.0. The number of rotatable bonds is 2. The number of pyridine rings is 1. The Labute approximate surface area is 132 Å². The van der Waals surface area contributed by atoms with E-state index in [1.165, 1.54) is 0 Å². The van der Waals surface area contributed by atoms with Crippen LogP contribution in [0.2, 0.25) is 10.0 Å². The van der Waals surface area contributed by atoms with Crippen molar-refractivity contribution >= 4 is 40.4 Å². The molecule has 21 heavy (non-hydrogen) atoms. The minimum Gasteiger partial charge on any atom is -0.383 e. The number of anilines is 2. The van der Waals surface area contributed by atoms with E-state index in [4.69, 9.17) is 28.9 Å². The van der Waals surface area contributed by atoms with Gasteiger partial charge in [-0.3, -0.25) is 4.40 Å². The number of imidazole rings is 1. The highest BCUT2D eigenvalue weighted by molar-refractivity contribution is 6.35. The second-order valence-corrected chi connectivity index (χ2v) is 5.89. The van der Waals surface area contributed by atoms with E-state index in [0.29, 0.717) is 21.6 Å². The molecule has 2 aromatic heterocycles. The second-order valence-electron chi connectivity index (χ2n) is 5.01. The fourth-order valence-electron chi connectivity index (χ4n) is 2.22. The molecule has 0 amide bonds. The number of nitrogens with zero attached hydrogens (tertiary/aromatic N) is 3. The van der Waals surface area contributed by atoms with Crippen molar-refractivity contribution in [1.82, 2.24) is 9.38 Å². The number of fused-ring (bicyclic) bond motifs is 1. The van der Waals surface area contributed by atoms with Gasteiger partial charge in [-0.15, -0.1) is 0 Å². The number of aromatic nitrogens is 2. The maximum atomic E-state index is 6.24. The predicted molar refractivity (Wildman–Crippen MR) is 89.4 cm³/mol. The average Bonchev–Trinajstić information content (AvgIpc) is 2.74. The normalized spacial score (nSPS) is 11.0. The van der Waals surface area contributed by atoms with Crippen LogP contribution in [0.15, 0.2) is 36.5 Å². The lowest BCUT2D eigenvalue weighted by molar-refractivity contribution is 1.09. The van der Waals surface area contributed by atoms with Gasteiger partial charge in [0.25, 0.3) is 0 Å². The summed E-state index contributed by atoms with van der Waals surface area (Å²) in [5.74, 6) is 0.562. The third-order valence-electron chi connectivity index (χ3n) is 3.29. The maximum absolute atomic E-state index is 6.24. The highest BCUT2D eigenvalue weighted by Gasteiger charge is 2.13. The molecule has 2 N–H and O–H groups in total. The molecule has 0 saturated carbocycles. The van der Waals surface area contributed by atoms with Gasteiger partial charge in [-0.05, 0) is 30.3 Å². The third kappa shape index (κ3) is 2.52. The van der Waals surface area contributed by atoms with Crippen molar-refractivity contribution in [2.45, 2.75) is 0 Å². The molecule has 0 fully saturated rings. The zero-order valence-electron chi connectivity index (χ0n) is 11.6. The van der Waals surface area contributed by atoms with Gasteiger partial charge in [-0.25, -0.2) is 4.98 Å². The molecule has 0 aliphatic carbocycles. The van der Waals surface area contributed by atoms with Gasteiger partial charge in [0.2, 0.25) is 0 Å². The molecule has 1 aromatic carbocycles. The first-order valence-corrected chi connectivity index (χ1v) is 7.12. The maximum Gasteiger partial charge on any atom is 0.139 e. The summed E-state index contributed by atoms with van der Waals surface area (Å²) in [7, 11) is 3.96. The van der Waals surface area contributed by atoms with Crippen LogP contribution in [0.1, 0.15) is 0 Å². The molecule has 2 heterocycles. The Morgan fingerprint density at radius 3 is 2.38 bits per heavy atom. The van der Waals surface area contributed by atoms with E-state index in [1.807, 2.05) is 41.7 Å². The van der Waals surface area contributed by atoms with Crippen LogP contribution >= 0.6 is 23.2 Å². The molecule has 3 aromatic rings. The van der Waals surface area contributed by atoms with Gasteiger partial charge < -0.3 is 10.6 Å². The minimum absolute atomic E-state index is 0.558. The number of halogens is 2. The summed E-state index contributed by atoms with van der Waals surface area (Å²) in [5.41, 5.74) is 9.54. The molecule has 108 valence electrons. The van der Waals surface area contributed by atoms with Crippen LogP contribution in [0.5, 0.6) is 0 Å². The third-order valence-corrected chi connectivity index (χ3v) is 3.73. The van der Waals surface area contributed by atoms with Gasteiger partial charge in [0.15, 0.2) is 0 Å². The summed E-state index contributed by atoms with van der Waals surface area (Å²) in [6.45, 7) is 0. The quantitative estimate of drug-likeness (QED) is 0.777. The fraction of sp³-hybridized carbons (Fsp3) is 0.133. The van der Waals surface area contributed by atoms with E-state index in [0.717, 1.165) is 16.9 Å². The van der Waals surface area contributed by atoms with Gasteiger partial charge in [-0.1, -0.05) is 23.2 Å². The molecule has 0 bridgehead atoms. The van der Waals surface area contributed by atoms with Gasteiger partial charge in [0, 0.05) is 35.9 Å². The van der Waals surface area contributed by atoms with Gasteiger partial charge in [0.05, 0.1) is 5.69 Å². The van der Waals surface area contributed by atoms with Crippen LogP contribution in [0.4, 0.5) is 11.5 Å². The fourth-order valence-corrected chi connectivity index (χ4v) is 2.75. The Bertz CT molecular complexity index is 804. The molecule has 0 aliphatic rings. The number of hydrogen-bond donors (Lipinski definition) is 1. The highest BCUT2D eigenvalue weighted by atomic mass is 35.5. The summed E-state index contributed by atoms with van der Waals surface area (Å²) >= 11 is 12.1. The predicted octanol–water partition coefficient (Wildman–Crippen LogP) is 3.96. The van der Waals surface area contributed by atoms with Crippen molar-refractivity contribution in [3.05, 3.63) is 46.6 Å². The summed E-state index contributed by atoms with van der Waals surface area (Å²) in [6.07, 6.45) is 1.95. The molecule has 0 unspecified atom stereocenters. The lowest BCUT2D eigenvalue weighted by atomic mass is 10.1. The van der Waals surface area contributed by atoms with E-state index in [1.54, 1.807) is 18.2 Å². The molecule has 4 nitrogen and oxygen atoms in total. The minimum atomic E-state index is 0.558. The van der Waals surface area contributed by atoms with Gasteiger partial charge in [0.1, 0.15) is 17.2 Å². The number of nitrogens with two attached hydrogens (primary N) is 1. The van der Waals surface area contributed by atoms with E-state index in [9.17, 15) is 0 Å². The molecular formula is C15H14Cl2N4. The topological polar surface area (TPSA) is 46.6 Å². The zero-order valence-corrected chi connectivity index (χ0v) is 13.2. The van der Waals surface area contributed by atoms with E-state index < -0.39 is 0 Å². The number of hydrogen-bond acceptors (Lipinski definition) is 3. The molecule has 0 radical (unpaired) electrons. The van der Waals surface area contributed by atoms with E-state index in [2.05, 4.69) is 4.98 Å². The van der Waals surface area contributed by atoms with E-state index in [-0.39, 0.29) is 0 Å². The summed E-state index contributed by atoms with van der Waals surface area (Å²) in [5, 5.41) is 1.12. The number of benzene rings is 1. The number of nitrogen functional groups attached to an aromatic ring is 1. The summed E-state index contributed by atoms with van der Waals surface area (Å²) in [4.78, 5) is 6.58. The average molecular weight is 321 g/mol. The van der Waals surface area contributed by atoms with Crippen molar-refractivity contribution in [2.24, 2.45) is 0 Å². The smallest absolute Gasteiger partial charge is 0.139 e. The van der Waals surface area contributed by atoms with Crippen LogP contribution < -0.4 is 10.6 Å². The first-order chi connectivity index (χ1) is 9.95. The van der Waals surface area contributed by atoms with Crippen molar-refractivity contribution in [2.75, 3.05) is 24.7 Å². The van der Waals surface area contributed by atoms with Crippen molar-refractivity contribution in [3.63, 3.8) is 0 Å². The summed E-state index contributed by atoms with van der Waals surface area (Å²) < 4.78 is 1.86. The van der Waals surface area contributed by atoms with Gasteiger partial charge in [-0.2, -0.15) is 0 Å². The van der Waals surface area contributed by atoms with Crippen molar-refractivity contribution in [1.29, 1.82) is 0 Å². The molecule has 0 aliphatic heterocycles. The highest BCUT2D eigenvalue weighted by Crippen LogP contribution is 2.31. The lowest BCUT2D eigenvalue weighted by Crippen LogP contribution is -2.09. The molecule has 6 heteroatoms. The largest absolute Gasteiger partial charge is 0.383 e. The molecule has 0 atom stereocenters. The Morgan fingerprint density at radius 1 is 1.10 bits per heavy atom. The van der Waals surface area contributed by atoms with Crippen LogP contribution in [-0.4, -0.2) is 23.5 Å². The van der Waals surface area contributed by atoms with Crippen molar-refractivity contribution < 1.29 is 0 Å². The van der Waals surface area contributed by atoms with Crippen LogP contribution in [0.3, 0.4) is 0 Å². The van der Waals surface area contributed by atoms with Crippen molar-refractivity contribution in [3.8, 4) is 11.3 Å². The second kappa shape index (κ2) is 5.13. The standard InChI is InChI=1S/C15H14Cl2N4/c1-20(2)12-3-4-13-19-14(15(18)21(13)8-12)9-5-10(16)7-11(17)6-9/h3-8H,18H2,1-2H3. The van der Waals surface area contributed by atoms with E-state index >= 15 is 0 Å². The SMILES string of the molecule is CN(C)c1ccc2nc(-c3cc(Cl)cc(Cl)c3)c(N)n2c1. The van der Waals surface area contributed by atoms with Crippen LogP contribution in [0.25, 0.3) is 16.9 Å².